The summed E-state index contributed by atoms with van der Waals surface area (Å²) < 4.78 is 6.24. The molecule has 2 aromatic carbocycles. The van der Waals surface area contributed by atoms with Gasteiger partial charge in [-0.1, -0.05) is 6.07 Å². The fourth-order valence-corrected chi connectivity index (χ4v) is 5.66. The molecule has 3 aromatic rings. The Kier molecular flexibility index (Phi) is 6.24. The van der Waals surface area contributed by atoms with Gasteiger partial charge in [0.05, 0.1) is 23.3 Å². The first-order valence-corrected chi connectivity index (χ1v) is 13.2. The first kappa shape index (κ1) is 23.8. The van der Waals surface area contributed by atoms with Crippen LogP contribution in [0.4, 0.5) is 0 Å². The zero-order valence-corrected chi connectivity index (χ0v) is 21.2. The molecule has 0 saturated carbocycles. The number of amides is 2. The molecule has 2 N–H and O–H groups in total. The van der Waals surface area contributed by atoms with Crippen molar-refractivity contribution in [1.82, 2.24) is 24.9 Å². The van der Waals surface area contributed by atoms with Crippen molar-refractivity contribution < 1.29 is 19.4 Å². The zero-order valence-electron chi connectivity index (χ0n) is 21.2. The lowest BCUT2D eigenvalue weighted by Crippen LogP contribution is -2.35. The number of nitrogens with one attached hydrogen (secondary N) is 1. The number of likely N-dealkylation sites (tertiary alicyclic amines) is 2. The number of ether oxygens (including phenoxy) is 1. The number of aromatic amines is 1. The molecule has 2 amide bonds. The maximum Gasteiger partial charge on any atom is 0.258 e. The Morgan fingerprint density at radius 1 is 1.11 bits per heavy atom. The van der Waals surface area contributed by atoms with Gasteiger partial charge in [-0.05, 0) is 62.1 Å². The molecule has 0 spiro atoms. The van der Waals surface area contributed by atoms with Crippen molar-refractivity contribution in [2.75, 3.05) is 26.7 Å². The van der Waals surface area contributed by atoms with E-state index in [4.69, 9.17) is 4.74 Å². The van der Waals surface area contributed by atoms with E-state index in [2.05, 4.69) is 22.1 Å². The lowest BCUT2D eigenvalue weighted by atomic mass is 10.1. The van der Waals surface area contributed by atoms with Crippen LogP contribution in [0.2, 0.25) is 0 Å². The molecule has 9 nitrogen and oxygen atoms in total. The molecule has 1 aromatic heterocycles. The van der Waals surface area contributed by atoms with Crippen LogP contribution in [-0.4, -0.2) is 74.6 Å². The molecule has 9 heteroatoms. The number of hydrogen-bond acceptors (Lipinski definition) is 6. The smallest absolute Gasteiger partial charge is 0.258 e. The first-order valence-electron chi connectivity index (χ1n) is 13.2. The van der Waals surface area contributed by atoms with E-state index < -0.39 is 0 Å². The number of carbonyl (C=O) groups is 2. The highest BCUT2D eigenvalue weighted by molar-refractivity contribution is 6.01. The molecule has 0 atom stereocenters. The molecule has 2 fully saturated rings. The van der Waals surface area contributed by atoms with Gasteiger partial charge in [0.2, 0.25) is 5.91 Å². The number of phenolic OH excluding ortho intramolecular Hbond substituents is 1. The quantitative estimate of drug-likeness (QED) is 0.553. The fraction of sp³-hybridized carbons (Fsp3) is 0.464. The van der Waals surface area contributed by atoms with Gasteiger partial charge in [-0.3, -0.25) is 14.7 Å². The molecule has 2 saturated heterocycles. The lowest BCUT2D eigenvalue weighted by Gasteiger charge is -2.29. The number of nitrogens with zero attached hydrogens (tertiary/aromatic N) is 4. The van der Waals surface area contributed by atoms with Crippen LogP contribution in [0.15, 0.2) is 30.3 Å². The highest BCUT2D eigenvalue weighted by atomic mass is 16.5. The average Bonchev–Trinajstić information content (AvgIpc) is 3.49. The summed E-state index contributed by atoms with van der Waals surface area (Å²) in [6.45, 7) is 4.15. The van der Waals surface area contributed by atoms with Gasteiger partial charge < -0.3 is 24.5 Å². The summed E-state index contributed by atoms with van der Waals surface area (Å²) >= 11 is 0. The number of aromatic hydroxyl groups is 1. The van der Waals surface area contributed by atoms with Crippen LogP contribution in [0.5, 0.6) is 11.5 Å². The summed E-state index contributed by atoms with van der Waals surface area (Å²) in [5.74, 6) is 0.673. The summed E-state index contributed by atoms with van der Waals surface area (Å²) in [5.41, 5.74) is 3.77. The summed E-state index contributed by atoms with van der Waals surface area (Å²) in [4.78, 5) is 31.7. The van der Waals surface area contributed by atoms with E-state index in [0.29, 0.717) is 43.8 Å². The molecule has 4 heterocycles. The van der Waals surface area contributed by atoms with E-state index >= 15 is 0 Å². The van der Waals surface area contributed by atoms with Crippen molar-refractivity contribution in [2.24, 2.45) is 0 Å². The predicted octanol–water partition coefficient (Wildman–Crippen LogP) is 3.41. The molecule has 37 heavy (non-hydrogen) atoms. The second-order valence-electron chi connectivity index (χ2n) is 10.6. The summed E-state index contributed by atoms with van der Waals surface area (Å²) in [5, 5.41) is 18.8. The van der Waals surface area contributed by atoms with Gasteiger partial charge in [-0.25, -0.2) is 0 Å². The normalized spacial score (nSPS) is 19.0. The van der Waals surface area contributed by atoms with Crippen LogP contribution in [-0.2, 0) is 24.4 Å². The van der Waals surface area contributed by atoms with Crippen LogP contribution in [0.1, 0.15) is 59.3 Å². The van der Waals surface area contributed by atoms with Crippen molar-refractivity contribution in [3.63, 3.8) is 0 Å². The molecule has 6 rings (SSSR count). The minimum Gasteiger partial charge on any atom is -0.507 e. The topological polar surface area (TPSA) is 102 Å². The largest absolute Gasteiger partial charge is 0.507 e. The van der Waals surface area contributed by atoms with Crippen molar-refractivity contribution in [2.45, 2.75) is 57.8 Å². The zero-order chi connectivity index (χ0) is 25.5. The number of hydrogen-bond donors (Lipinski definition) is 2. The number of H-pyrrole nitrogens is 1. The third-order valence-corrected chi connectivity index (χ3v) is 7.91. The number of fused-ring (bicyclic) bond motifs is 2. The Bertz CT molecular complexity index is 1340. The van der Waals surface area contributed by atoms with Crippen LogP contribution in [0.25, 0.3) is 10.9 Å². The average molecular weight is 504 g/mol. The molecule has 194 valence electrons. The predicted molar refractivity (Wildman–Crippen MR) is 138 cm³/mol. The van der Waals surface area contributed by atoms with E-state index in [1.54, 1.807) is 17.0 Å². The fourth-order valence-electron chi connectivity index (χ4n) is 5.66. The molecule has 0 unspecified atom stereocenters. The monoisotopic (exact) mass is 503 g/mol. The van der Waals surface area contributed by atoms with Crippen LogP contribution in [0.3, 0.4) is 0 Å². The minimum absolute atomic E-state index is 0.0796. The maximum atomic E-state index is 13.5. The van der Waals surface area contributed by atoms with Crippen molar-refractivity contribution in [3.05, 3.63) is 52.7 Å². The Morgan fingerprint density at radius 2 is 1.92 bits per heavy atom. The Labute approximate surface area is 216 Å². The van der Waals surface area contributed by atoms with E-state index in [9.17, 15) is 14.7 Å². The number of phenols is 1. The maximum absolute atomic E-state index is 13.5. The lowest BCUT2D eigenvalue weighted by molar-refractivity contribution is -0.133. The van der Waals surface area contributed by atoms with Crippen LogP contribution in [0, 0.1) is 0 Å². The van der Waals surface area contributed by atoms with Gasteiger partial charge in [-0.2, -0.15) is 5.10 Å². The van der Waals surface area contributed by atoms with Crippen molar-refractivity contribution in [1.29, 1.82) is 0 Å². The van der Waals surface area contributed by atoms with E-state index in [1.165, 1.54) is 0 Å². The molecule has 0 aliphatic carbocycles. The van der Waals surface area contributed by atoms with Crippen molar-refractivity contribution >= 4 is 22.7 Å². The Balaban J connectivity index is 1.18. The summed E-state index contributed by atoms with van der Waals surface area (Å²) in [7, 11) is 2.13. The molecule has 0 bridgehead atoms. The van der Waals surface area contributed by atoms with Crippen LogP contribution >= 0.6 is 0 Å². The minimum atomic E-state index is -0.227. The number of carbonyl (C=O) groups excluding carboxylic acids is 2. The molecular weight excluding hydrogens is 470 g/mol. The van der Waals surface area contributed by atoms with Crippen LogP contribution < -0.4 is 4.74 Å². The highest BCUT2D eigenvalue weighted by Crippen LogP contribution is 2.33. The van der Waals surface area contributed by atoms with Gasteiger partial charge in [-0.15, -0.1) is 0 Å². The third kappa shape index (κ3) is 4.75. The van der Waals surface area contributed by atoms with E-state index in [0.717, 1.165) is 61.0 Å². The van der Waals surface area contributed by atoms with E-state index in [-0.39, 0.29) is 29.2 Å². The van der Waals surface area contributed by atoms with Gasteiger partial charge in [0.15, 0.2) is 0 Å². The van der Waals surface area contributed by atoms with E-state index in [1.807, 2.05) is 23.1 Å². The molecule has 3 aliphatic heterocycles. The van der Waals surface area contributed by atoms with Gasteiger partial charge >= 0.3 is 0 Å². The van der Waals surface area contributed by atoms with Gasteiger partial charge in [0.25, 0.3) is 5.91 Å². The van der Waals surface area contributed by atoms with Gasteiger partial charge in [0.1, 0.15) is 17.6 Å². The molecule has 3 aliphatic rings. The summed E-state index contributed by atoms with van der Waals surface area (Å²) in [6, 6.07) is 9.34. The number of rotatable bonds is 5. The van der Waals surface area contributed by atoms with Gasteiger partial charge in [0, 0.05) is 50.6 Å². The Morgan fingerprint density at radius 3 is 2.73 bits per heavy atom. The molecular formula is C28H33N5O4. The number of benzene rings is 2. The Hall–Kier alpha value is -3.59. The number of piperidine rings is 2. The SMILES string of the molecule is CN1CCC(Oc2ccc3c(c2)CN(C(=O)c2cc4c(CN5CCCCC5=O)n[nH]c4cc2O)C3)CC1. The molecule has 0 radical (unpaired) electrons. The third-order valence-electron chi connectivity index (χ3n) is 7.91. The second-order valence-corrected chi connectivity index (χ2v) is 10.6. The standard InChI is InChI=1S/C28H33N5O4/c1-31-10-7-20(8-11-31)37-21-6-5-18-15-33(16-19(18)12-21)28(36)23-13-22-24(14-26(23)34)29-30-25(22)17-32-9-3-2-4-27(32)35/h5-6,12-14,20,34H,2-4,7-11,15-17H2,1H3,(H,29,30). The second kappa shape index (κ2) is 9.70. The highest BCUT2D eigenvalue weighted by Gasteiger charge is 2.28. The first-order chi connectivity index (χ1) is 17.9. The number of aromatic nitrogens is 2. The summed E-state index contributed by atoms with van der Waals surface area (Å²) in [6.07, 6.45) is 4.73. The van der Waals surface area contributed by atoms with Crippen molar-refractivity contribution in [3.8, 4) is 11.5 Å².